The Hall–Kier alpha value is -1.48. The molecule has 0 aliphatic carbocycles. The zero-order valence-corrected chi connectivity index (χ0v) is 12.8. The first-order valence-corrected chi connectivity index (χ1v) is 7.40. The van der Waals surface area contributed by atoms with E-state index in [1.165, 1.54) is 6.07 Å². The van der Waals surface area contributed by atoms with Crippen LogP contribution in [0.4, 0.5) is 17.6 Å². The maximum absolute atomic E-state index is 13.9. The lowest BCUT2D eigenvalue weighted by atomic mass is 10.2. The van der Waals surface area contributed by atoms with Crippen molar-refractivity contribution < 1.29 is 27.5 Å². The van der Waals surface area contributed by atoms with Gasteiger partial charge in [-0.1, -0.05) is 11.6 Å². The molecule has 0 saturated heterocycles. The Morgan fingerprint density at radius 2 is 1.96 bits per heavy atom. The molecule has 0 amide bonds. The Labute approximate surface area is 137 Å². The van der Waals surface area contributed by atoms with Crippen LogP contribution in [0.3, 0.4) is 0 Å². The molecule has 0 aromatic heterocycles. The summed E-state index contributed by atoms with van der Waals surface area (Å²) in [5.41, 5.74) is -0.438. The molecular formula is C14H8ClF4NO2S. The lowest BCUT2D eigenvalue weighted by molar-refractivity contribution is -0.137. The van der Waals surface area contributed by atoms with E-state index >= 15 is 0 Å². The minimum Gasteiger partial charge on any atom is -0.453 e. The minimum atomic E-state index is -4.70. The summed E-state index contributed by atoms with van der Waals surface area (Å²) < 4.78 is 58.0. The largest absolute Gasteiger partial charge is 0.453 e. The smallest absolute Gasteiger partial charge is 0.416 e. The lowest BCUT2D eigenvalue weighted by Gasteiger charge is -2.13. The lowest BCUT2D eigenvalue weighted by Crippen LogP contribution is -2.06. The van der Waals surface area contributed by atoms with Crippen LogP contribution in [0.15, 0.2) is 35.2 Å². The number of benzene rings is 2. The molecule has 2 aromatic rings. The van der Waals surface area contributed by atoms with Crippen LogP contribution in [0.25, 0.3) is 0 Å². The quantitative estimate of drug-likeness (QED) is 0.562. The number of halogens is 5. The number of hydrogen-bond donors (Lipinski definition) is 1. The van der Waals surface area contributed by atoms with Crippen molar-refractivity contribution in [3.63, 3.8) is 0 Å². The molecule has 122 valence electrons. The minimum absolute atomic E-state index is 0.209. The second kappa shape index (κ2) is 5.86. The molecule has 0 radical (unpaired) electrons. The molecule has 2 aromatic carbocycles. The van der Waals surface area contributed by atoms with Gasteiger partial charge in [-0.3, -0.25) is 0 Å². The number of hydroxylamine groups is 1. The summed E-state index contributed by atoms with van der Waals surface area (Å²) in [6.45, 7) is 0.250. The molecule has 3 rings (SSSR count). The Morgan fingerprint density at radius 3 is 2.61 bits per heavy atom. The van der Waals surface area contributed by atoms with Crippen LogP contribution in [0.5, 0.6) is 11.5 Å². The molecular weight excluding hydrogens is 358 g/mol. The summed E-state index contributed by atoms with van der Waals surface area (Å²) in [5, 5.41) is 8.92. The Bertz CT molecular complexity index is 746. The van der Waals surface area contributed by atoms with Crippen LogP contribution in [0, 0.1) is 5.82 Å². The summed E-state index contributed by atoms with van der Waals surface area (Å²) in [6, 6.07) is 5.67. The summed E-state index contributed by atoms with van der Waals surface area (Å²) in [4.78, 5) is 0.804. The number of alkyl halides is 3. The average molecular weight is 366 g/mol. The van der Waals surface area contributed by atoms with E-state index in [0.29, 0.717) is 12.1 Å². The van der Waals surface area contributed by atoms with Crippen molar-refractivity contribution in [1.29, 1.82) is 0 Å². The third kappa shape index (κ3) is 3.40. The molecule has 3 nitrogen and oxygen atoms in total. The Balaban J connectivity index is 1.91. The molecule has 0 bridgehead atoms. The van der Waals surface area contributed by atoms with Gasteiger partial charge in [0.1, 0.15) is 5.75 Å². The van der Waals surface area contributed by atoms with E-state index in [9.17, 15) is 22.8 Å². The summed E-state index contributed by atoms with van der Waals surface area (Å²) >= 11 is 6.84. The van der Waals surface area contributed by atoms with Crippen molar-refractivity contribution >= 4 is 23.5 Å². The zero-order chi connectivity index (χ0) is 16.8. The average Bonchev–Trinajstić information content (AvgIpc) is 2.80. The highest BCUT2D eigenvalue weighted by Gasteiger charge is 2.32. The van der Waals surface area contributed by atoms with Gasteiger partial charge in [0.05, 0.1) is 17.1 Å². The van der Waals surface area contributed by atoms with Crippen LogP contribution in [0.1, 0.15) is 11.1 Å². The molecule has 0 atom stereocenters. The van der Waals surface area contributed by atoms with E-state index in [2.05, 4.69) is 0 Å². The SMILES string of the molecule is ON1Cc2cc(Oc3c(F)cc(C(F)(F)F)cc3Cl)ccc2S1. The molecule has 0 fully saturated rings. The highest BCUT2D eigenvalue weighted by atomic mass is 35.5. The molecule has 0 spiro atoms. The summed E-state index contributed by atoms with van der Waals surface area (Å²) in [7, 11) is 0. The molecule has 1 N–H and O–H groups in total. The van der Waals surface area contributed by atoms with Crippen molar-refractivity contribution in [3.05, 3.63) is 52.3 Å². The predicted octanol–water partition coefficient (Wildman–Crippen LogP) is 5.50. The van der Waals surface area contributed by atoms with Gasteiger partial charge < -0.3 is 9.94 Å². The van der Waals surface area contributed by atoms with E-state index in [0.717, 1.165) is 26.9 Å². The molecule has 9 heteroatoms. The Kier molecular flexibility index (Phi) is 4.18. The fraction of sp³-hybridized carbons (Fsp3) is 0.143. The van der Waals surface area contributed by atoms with Gasteiger partial charge in [0.25, 0.3) is 0 Å². The fourth-order valence-corrected chi connectivity index (χ4v) is 3.11. The van der Waals surface area contributed by atoms with Crippen molar-refractivity contribution in [1.82, 2.24) is 4.47 Å². The molecule has 0 saturated carbocycles. The van der Waals surface area contributed by atoms with E-state index in [4.69, 9.17) is 16.3 Å². The maximum Gasteiger partial charge on any atom is 0.416 e. The number of nitrogens with zero attached hydrogens (tertiary/aromatic N) is 1. The van der Waals surface area contributed by atoms with E-state index in [1.807, 2.05) is 0 Å². The first kappa shape index (κ1) is 16.4. The third-order valence-electron chi connectivity index (χ3n) is 3.09. The first-order valence-electron chi connectivity index (χ1n) is 6.25. The molecule has 1 aliphatic rings. The second-order valence-electron chi connectivity index (χ2n) is 4.74. The highest BCUT2D eigenvalue weighted by Crippen LogP contribution is 2.41. The molecule has 1 aliphatic heterocycles. The predicted molar refractivity (Wildman–Crippen MR) is 76.1 cm³/mol. The molecule has 0 unspecified atom stereocenters. The number of ether oxygens (including phenoxy) is 1. The van der Waals surface area contributed by atoms with E-state index in [-0.39, 0.29) is 12.3 Å². The van der Waals surface area contributed by atoms with Gasteiger partial charge in [0, 0.05) is 4.90 Å². The highest BCUT2D eigenvalue weighted by molar-refractivity contribution is 7.97. The van der Waals surface area contributed by atoms with Gasteiger partial charge in [0.15, 0.2) is 11.6 Å². The number of fused-ring (bicyclic) bond motifs is 1. The van der Waals surface area contributed by atoms with Gasteiger partial charge >= 0.3 is 6.18 Å². The molecule has 1 heterocycles. The third-order valence-corrected chi connectivity index (χ3v) is 4.30. The molecule has 23 heavy (non-hydrogen) atoms. The summed E-state index contributed by atoms with van der Waals surface area (Å²) in [5.74, 6) is -1.48. The van der Waals surface area contributed by atoms with Gasteiger partial charge in [0.2, 0.25) is 0 Å². The fourth-order valence-electron chi connectivity index (χ4n) is 2.06. The van der Waals surface area contributed by atoms with Crippen LogP contribution >= 0.6 is 23.5 Å². The number of rotatable bonds is 2. The zero-order valence-electron chi connectivity index (χ0n) is 11.2. The monoisotopic (exact) mass is 365 g/mol. The maximum atomic E-state index is 13.9. The second-order valence-corrected chi connectivity index (χ2v) is 6.19. The van der Waals surface area contributed by atoms with Gasteiger partial charge in [-0.25, -0.2) is 4.39 Å². The van der Waals surface area contributed by atoms with E-state index in [1.54, 1.807) is 12.1 Å². The van der Waals surface area contributed by atoms with Crippen molar-refractivity contribution in [2.24, 2.45) is 0 Å². The first-order chi connectivity index (χ1) is 10.7. The van der Waals surface area contributed by atoms with Gasteiger partial charge in [-0.2, -0.15) is 13.2 Å². The summed E-state index contributed by atoms with van der Waals surface area (Å²) in [6.07, 6.45) is -4.70. The van der Waals surface area contributed by atoms with Crippen LogP contribution < -0.4 is 4.74 Å². The normalized spacial score (nSPS) is 14.9. The van der Waals surface area contributed by atoms with Crippen molar-refractivity contribution in [2.75, 3.05) is 0 Å². The van der Waals surface area contributed by atoms with Crippen molar-refractivity contribution in [2.45, 2.75) is 17.6 Å². The Morgan fingerprint density at radius 1 is 1.22 bits per heavy atom. The van der Waals surface area contributed by atoms with Crippen LogP contribution in [0.2, 0.25) is 5.02 Å². The van der Waals surface area contributed by atoms with Gasteiger partial charge in [-0.15, -0.1) is 4.47 Å². The van der Waals surface area contributed by atoms with Crippen LogP contribution in [-0.4, -0.2) is 9.68 Å². The van der Waals surface area contributed by atoms with Crippen LogP contribution in [-0.2, 0) is 12.7 Å². The topological polar surface area (TPSA) is 32.7 Å². The van der Waals surface area contributed by atoms with Gasteiger partial charge in [-0.05, 0) is 47.8 Å². The standard InChI is InChI=1S/C14H8ClF4NO2S/c15-10-4-8(14(17,18)19)5-11(16)13(10)22-9-1-2-12-7(3-9)6-20(21)23-12/h1-5,21H,6H2. The number of hydrogen-bond acceptors (Lipinski definition) is 4. The van der Waals surface area contributed by atoms with E-state index < -0.39 is 28.3 Å². The van der Waals surface area contributed by atoms with Crippen molar-refractivity contribution in [3.8, 4) is 11.5 Å².